The molecule has 1 aliphatic heterocycles. The molecule has 0 amide bonds. The van der Waals surface area contributed by atoms with Crippen LogP contribution in [0.1, 0.15) is 33.9 Å². The van der Waals surface area contributed by atoms with E-state index in [0.29, 0.717) is 12.5 Å². The highest BCUT2D eigenvalue weighted by Crippen LogP contribution is 2.36. The molecule has 0 bridgehead atoms. The van der Waals surface area contributed by atoms with Crippen LogP contribution in [-0.4, -0.2) is 25.7 Å². The molecule has 0 fully saturated rings. The topological polar surface area (TPSA) is 52.6 Å². The third-order valence-electron chi connectivity index (χ3n) is 6.78. The van der Waals surface area contributed by atoms with E-state index in [1.165, 1.54) is 22.3 Å². The Hall–Kier alpha value is -4.09. The van der Waals surface area contributed by atoms with Gasteiger partial charge < -0.3 is 19.5 Å². The second-order valence-electron chi connectivity index (χ2n) is 9.18. The summed E-state index contributed by atoms with van der Waals surface area (Å²) in [5.41, 5.74) is 8.25. The Morgan fingerprint density at radius 2 is 1.76 bits per heavy atom. The third-order valence-corrected chi connectivity index (χ3v) is 6.78. The average molecular weight is 493 g/mol. The molecule has 2 heterocycles. The fourth-order valence-electron chi connectivity index (χ4n) is 4.68. The van der Waals surface area contributed by atoms with Gasteiger partial charge in [-0.15, -0.1) is 0 Å². The number of hydrogen-bond donors (Lipinski definition) is 1. The van der Waals surface area contributed by atoms with Crippen molar-refractivity contribution in [3.63, 3.8) is 0 Å². The Labute approximate surface area is 218 Å². The monoisotopic (exact) mass is 492 g/mol. The molecule has 3 aromatic carbocycles. The van der Waals surface area contributed by atoms with E-state index < -0.39 is 0 Å². The van der Waals surface area contributed by atoms with E-state index in [9.17, 15) is 0 Å². The van der Waals surface area contributed by atoms with Crippen molar-refractivity contribution in [3.05, 3.63) is 113 Å². The summed E-state index contributed by atoms with van der Waals surface area (Å²) in [5, 5.41) is 3.65. The van der Waals surface area contributed by atoms with Gasteiger partial charge in [-0.3, -0.25) is 0 Å². The van der Waals surface area contributed by atoms with E-state index >= 15 is 0 Å². The molecule has 0 saturated carbocycles. The van der Waals surface area contributed by atoms with Crippen molar-refractivity contribution in [1.29, 1.82) is 0 Å². The predicted octanol–water partition coefficient (Wildman–Crippen LogP) is 6.55. The lowest BCUT2D eigenvalue weighted by Gasteiger charge is -2.26. The number of benzene rings is 3. The molecular formula is C32H32N2O3. The van der Waals surface area contributed by atoms with E-state index in [-0.39, 0.29) is 6.04 Å². The zero-order valence-electron chi connectivity index (χ0n) is 21.5. The summed E-state index contributed by atoms with van der Waals surface area (Å²) in [7, 11) is 3.33. The minimum Gasteiger partial charge on any atom is -0.493 e. The predicted molar refractivity (Wildman–Crippen MR) is 148 cm³/mol. The number of hydrogen-bond acceptors (Lipinski definition) is 5. The number of aromatic nitrogens is 1. The fourth-order valence-corrected chi connectivity index (χ4v) is 4.68. The highest BCUT2D eigenvalue weighted by atomic mass is 16.5. The minimum atomic E-state index is 0.0879. The van der Waals surface area contributed by atoms with Crippen molar-refractivity contribution in [2.75, 3.05) is 20.8 Å². The van der Waals surface area contributed by atoms with Crippen molar-refractivity contribution in [2.24, 2.45) is 0 Å². The van der Waals surface area contributed by atoms with Gasteiger partial charge >= 0.3 is 0 Å². The van der Waals surface area contributed by atoms with Gasteiger partial charge in [0, 0.05) is 18.8 Å². The summed E-state index contributed by atoms with van der Waals surface area (Å²) >= 11 is 0. The molecule has 1 aliphatic rings. The lowest BCUT2D eigenvalue weighted by molar-refractivity contribution is 0.283. The molecule has 1 unspecified atom stereocenters. The van der Waals surface area contributed by atoms with Gasteiger partial charge in [0.15, 0.2) is 11.5 Å². The molecule has 4 aromatic rings. The van der Waals surface area contributed by atoms with Crippen LogP contribution in [0.4, 0.5) is 0 Å². The summed E-state index contributed by atoms with van der Waals surface area (Å²) < 4.78 is 17.2. The van der Waals surface area contributed by atoms with E-state index in [1.54, 1.807) is 20.4 Å². The number of methoxy groups -OCH3 is 2. The molecule has 5 nitrogen and oxygen atoms in total. The molecule has 5 heteroatoms. The number of fused-ring (bicyclic) bond motifs is 1. The van der Waals surface area contributed by atoms with E-state index in [1.807, 2.05) is 30.3 Å². The molecule has 0 spiro atoms. The zero-order valence-corrected chi connectivity index (χ0v) is 21.5. The van der Waals surface area contributed by atoms with Crippen molar-refractivity contribution >= 4 is 6.08 Å². The number of aryl methyl sites for hydroxylation is 1. The first-order chi connectivity index (χ1) is 18.1. The maximum atomic E-state index is 6.16. The maximum Gasteiger partial charge on any atom is 0.213 e. The minimum absolute atomic E-state index is 0.0879. The summed E-state index contributed by atoms with van der Waals surface area (Å²) in [6.07, 6.45) is 7.17. The first-order valence-corrected chi connectivity index (χ1v) is 12.5. The Kier molecular flexibility index (Phi) is 7.52. The maximum absolute atomic E-state index is 6.16. The lowest BCUT2D eigenvalue weighted by atomic mass is 9.92. The van der Waals surface area contributed by atoms with Gasteiger partial charge in [-0.05, 0) is 76.6 Å². The van der Waals surface area contributed by atoms with Crippen molar-refractivity contribution in [2.45, 2.75) is 26.0 Å². The molecule has 1 aromatic heterocycles. The highest BCUT2D eigenvalue weighted by molar-refractivity contribution is 5.69. The van der Waals surface area contributed by atoms with Gasteiger partial charge in [-0.1, -0.05) is 54.6 Å². The van der Waals surface area contributed by atoms with Crippen LogP contribution in [0.5, 0.6) is 17.4 Å². The molecule has 0 saturated heterocycles. The van der Waals surface area contributed by atoms with Crippen LogP contribution in [0.3, 0.4) is 0 Å². The normalized spacial score (nSPS) is 14.8. The summed E-state index contributed by atoms with van der Waals surface area (Å²) in [4.78, 5) is 4.23. The molecule has 0 aliphatic carbocycles. The third kappa shape index (κ3) is 5.68. The largest absolute Gasteiger partial charge is 0.493 e. The summed E-state index contributed by atoms with van der Waals surface area (Å²) in [5.74, 6) is 2.15. The number of rotatable bonds is 8. The van der Waals surface area contributed by atoms with Crippen molar-refractivity contribution in [3.8, 4) is 28.5 Å². The number of nitrogens with one attached hydrogen (secondary N) is 1. The number of ether oxygens (including phenoxy) is 3. The first kappa shape index (κ1) is 24.6. The smallest absolute Gasteiger partial charge is 0.213 e. The van der Waals surface area contributed by atoms with Crippen LogP contribution < -0.4 is 19.5 Å². The van der Waals surface area contributed by atoms with Crippen LogP contribution in [0.2, 0.25) is 0 Å². The van der Waals surface area contributed by atoms with Crippen LogP contribution in [0, 0.1) is 6.92 Å². The zero-order chi connectivity index (χ0) is 25.6. The second kappa shape index (κ2) is 11.3. The van der Waals surface area contributed by atoms with Crippen molar-refractivity contribution < 1.29 is 14.2 Å². The fraction of sp³-hybridized carbons (Fsp3) is 0.219. The molecule has 1 atom stereocenters. The van der Waals surface area contributed by atoms with Gasteiger partial charge in [0.1, 0.15) is 6.61 Å². The lowest BCUT2D eigenvalue weighted by Crippen LogP contribution is -2.28. The SMILES string of the molecule is COc1cc(-c2ccc(C)c(/C=C/C3NCCc4cc(OCc5ccccc5)c(OC)cc43)c2)ccn1. The Bertz CT molecular complexity index is 1400. The molecule has 5 rings (SSSR count). The van der Waals surface area contributed by atoms with E-state index in [4.69, 9.17) is 14.2 Å². The summed E-state index contributed by atoms with van der Waals surface area (Å²) in [6, 6.07) is 25.0. The summed E-state index contributed by atoms with van der Waals surface area (Å²) in [6.45, 7) is 3.55. The van der Waals surface area contributed by atoms with E-state index in [2.05, 4.69) is 71.8 Å². The molecular weight excluding hydrogens is 460 g/mol. The molecule has 188 valence electrons. The van der Waals surface area contributed by atoms with Crippen LogP contribution in [0.15, 0.2) is 85.1 Å². The highest BCUT2D eigenvalue weighted by Gasteiger charge is 2.21. The van der Waals surface area contributed by atoms with Crippen LogP contribution >= 0.6 is 0 Å². The number of nitrogens with zero attached hydrogens (tertiary/aromatic N) is 1. The standard InChI is InChI=1S/C32H32N2O3/c1-22-9-10-25(26-13-16-34-32(19-26)36-3)17-24(22)11-12-29-28-20-30(35-2)31(18-27(28)14-15-33-29)37-21-23-7-5-4-6-8-23/h4-13,16-20,29,33H,14-15,21H2,1-3H3/b12-11+. The average Bonchev–Trinajstić information content (AvgIpc) is 2.95. The molecule has 0 radical (unpaired) electrons. The van der Waals surface area contributed by atoms with Crippen LogP contribution in [-0.2, 0) is 13.0 Å². The Morgan fingerprint density at radius 1 is 0.919 bits per heavy atom. The van der Waals surface area contributed by atoms with Crippen molar-refractivity contribution in [1.82, 2.24) is 10.3 Å². The Balaban J connectivity index is 1.39. The second-order valence-corrected chi connectivity index (χ2v) is 9.18. The van der Waals surface area contributed by atoms with Gasteiger partial charge in [-0.2, -0.15) is 0 Å². The quantitative estimate of drug-likeness (QED) is 0.302. The van der Waals surface area contributed by atoms with Gasteiger partial charge in [-0.25, -0.2) is 4.98 Å². The van der Waals surface area contributed by atoms with Gasteiger partial charge in [0.2, 0.25) is 5.88 Å². The van der Waals surface area contributed by atoms with E-state index in [0.717, 1.165) is 41.2 Å². The van der Waals surface area contributed by atoms with Gasteiger partial charge in [0.05, 0.1) is 20.3 Å². The number of pyridine rings is 1. The molecule has 37 heavy (non-hydrogen) atoms. The first-order valence-electron chi connectivity index (χ1n) is 12.5. The van der Waals surface area contributed by atoms with Gasteiger partial charge in [0.25, 0.3) is 0 Å². The molecule has 1 N–H and O–H groups in total. The Morgan fingerprint density at radius 3 is 2.57 bits per heavy atom. The van der Waals surface area contributed by atoms with Crippen LogP contribution in [0.25, 0.3) is 17.2 Å².